The molecule has 0 aliphatic carbocycles. The van der Waals surface area contributed by atoms with E-state index in [2.05, 4.69) is 10.3 Å². The SMILES string of the molecule is O=Cc1cccnc1NCc1ccc(F)cc1F. The molecule has 0 saturated heterocycles. The van der Waals surface area contributed by atoms with E-state index >= 15 is 0 Å². The Bertz CT molecular complexity index is 573. The summed E-state index contributed by atoms with van der Waals surface area (Å²) >= 11 is 0. The van der Waals surface area contributed by atoms with Crippen LogP contribution in [0, 0.1) is 11.6 Å². The van der Waals surface area contributed by atoms with E-state index in [1.807, 2.05) is 0 Å². The van der Waals surface area contributed by atoms with Crippen LogP contribution in [-0.4, -0.2) is 11.3 Å². The van der Waals surface area contributed by atoms with E-state index in [1.54, 1.807) is 12.1 Å². The number of benzene rings is 1. The minimum absolute atomic E-state index is 0.129. The van der Waals surface area contributed by atoms with Crippen LogP contribution in [-0.2, 0) is 6.54 Å². The third-order valence-electron chi connectivity index (χ3n) is 2.43. The number of hydrogen-bond donors (Lipinski definition) is 1. The van der Waals surface area contributed by atoms with Gasteiger partial charge in [0.2, 0.25) is 0 Å². The fraction of sp³-hybridized carbons (Fsp3) is 0.0769. The number of carbonyl (C=O) groups excluding carboxylic acids is 1. The Morgan fingerprint density at radius 1 is 1.28 bits per heavy atom. The zero-order valence-electron chi connectivity index (χ0n) is 9.36. The smallest absolute Gasteiger partial charge is 0.153 e. The fourth-order valence-electron chi connectivity index (χ4n) is 1.50. The van der Waals surface area contributed by atoms with Crippen molar-refractivity contribution >= 4 is 12.1 Å². The summed E-state index contributed by atoms with van der Waals surface area (Å²) in [6.45, 7) is 0.129. The number of pyridine rings is 1. The Hall–Kier alpha value is -2.30. The molecule has 0 atom stereocenters. The molecule has 1 aromatic carbocycles. The van der Waals surface area contributed by atoms with Gasteiger partial charge in [-0.25, -0.2) is 13.8 Å². The first kappa shape index (κ1) is 12.2. The van der Waals surface area contributed by atoms with Crippen molar-refractivity contribution in [3.63, 3.8) is 0 Å². The normalized spacial score (nSPS) is 10.1. The standard InChI is InChI=1S/C13H10F2N2O/c14-11-4-3-9(12(15)6-11)7-17-13-10(8-18)2-1-5-16-13/h1-6,8H,7H2,(H,16,17). The maximum atomic E-state index is 13.4. The first-order valence-electron chi connectivity index (χ1n) is 5.28. The van der Waals surface area contributed by atoms with E-state index in [-0.39, 0.29) is 6.54 Å². The minimum atomic E-state index is -0.633. The predicted molar refractivity (Wildman–Crippen MR) is 63.3 cm³/mol. The highest BCUT2D eigenvalue weighted by Crippen LogP contribution is 2.13. The molecule has 2 rings (SSSR count). The minimum Gasteiger partial charge on any atom is -0.365 e. The molecule has 0 amide bonds. The molecular formula is C13H10F2N2O. The summed E-state index contributed by atoms with van der Waals surface area (Å²) in [5.41, 5.74) is 0.693. The van der Waals surface area contributed by atoms with Crippen molar-refractivity contribution in [3.8, 4) is 0 Å². The second-order valence-corrected chi connectivity index (χ2v) is 3.65. The first-order valence-corrected chi connectivity index (χ1v) is 5.28. The van der Waals surface area contributed by atoms with Crippen LogP contribution in [0.1, 0.15) is 15.9 Å². The highest BCUT2D eigenvalue weighted by molar-refractivity contribution is 5.82. The van der Waals surface area contributed by atoms with Gasteiger partial charge in [-0.15, -0.1) is 0 Å². The van der Waals surface area contributed by atoms with Crippen molar-refractivity contribution in [3.05, 3.63) is 59.3 Å². The molecule has 92 valence electrons. The van der Waals surface area contributed by atoms with Crippen molar-refractivity contribution < 1.29 is 13.6 Å². The number of hydrogen-bond acceptors (Lipinski definition) is 3. The quantitative estimate of drug-likeness (QED) is 0.846. The Balaban J connectivity index is 2.14. The average Bonchev–Trinajstić information content (AvgIpc) is 2.38. The largest absolute Gasteiger partial charge is 0.365 e. The van der Waals surface area contributed by atoms with Gasteiger partial charge in [0.1, 0.15) is 17.5 Å². The third kappa shape index (κ3) is 2.68. The van der Waals surface area contributed by atoms with Gasteiger partial charge in [0.05, 0.1) is 5.56 Å². The van der Waals surface area contributed by atoms with Crippen molar-refractivity contribution in [1.82, 2.24) is 4.98 Å². The molecule has 0 spiro atoms. The van der Waals surface area contributed by atoms with E-state index in [0.717, 1.165) is 6.07 Å². The van der Waals surface area contributed by atoms with Crippen LogP contribution in [0.5, 0.6) is 0 Å². The Morgan fingerprint density at radius 2 is 2.11 bits per heavy atom. The summed E-state index contributed by atoms with van der Waals surface area (Å²) in [7, 11) is 0. The zero-order chi connectivity index (χ0) is 13.0. The molecule has 0 saturated carbocycles. The van der Waals surface area contributed by atoms with E-state index in [1.165, 1.54) is 18.3 Å². The van der Waals surface area contributed by atoms with Crippen LogP contribution < -0.4 is 5.32 Å². The molecule has 0 bridgehead atoms. The maximum absolute atomic E-state index is 13.4. The van der Waals surface area contributed by atoms with Crippen LogP contribution in [0.15, 0.2) is 36.5 Å². The van der Waals surface area contributed by atoms with Crippen molar-refractivity contribution in [2.45, 2.75) is 6.54 Å². The Morgan fingerprint density at radius 3 is 2.83 bits per heavy atom. The van der Waals surface area contributed by atoms with Crippen molar-refractivity contribution in [2.75, 3.05) is 5.32 Å². The number of nitrogens with one attached hydrogen (secondary N) is 1. The summed E-state index contributed by atoms with van der Waals surface area (Å²) in [5.74, 6) is -0.884. The van der Waals surface area contributed by atoms with Gasteiger partial charge in [-0.05, 0) is 18.2 Å². The number of aromatic nitrogens is 1. The lowest BCUT2D eigenvalue weighted by Crippen LogP contribution is -2.05. The molecule has 0 aliphatic heterocycles. The maximum Gasteiger partial charge on any atom is 0.153 e. The van der Waals surface area contributed by atoms with Gasteiger partial charge < -0.3 is 5.32 Å². The zero-order valence-corrected chi connectivity index (χ0v) is 9.36. The average molecular weight is 248 g/mol. The predicted octanol–water partition coefficient (Wildman–Crippen LogP) is 2.78. The number of rotatable bonds is 4. The molecule has 0 fully saturated rings. The topological polar surface area (TPSA) is 42.0 Å². The summed E-state index contributed by atoms with van der Waals surface area (Å²) < 4.78 is 26.1. The third-order valence-corrected chi connectivity index (χ3v) is 2.43. The number of halogens is 2. The second kappa shape index (κ2) is 5.35. The molecule has 3 nitrogen and oxygen atoms in total. The second-order valence-electron chi connectivity index (χ2n) is 3.65. The molecule has 5 heteroatoms. The monoisotopic (exact) mass is 248 g/mol. The lowest BCUT2D eigenvalue weighted by atomic mass is 10.2. The molecule has 0 unspecified atom stereocenters. The number of anilines is 1. The van der Waals surface area contributed by atoms with E-state index in [9.17, 15) is 13.6 Å². The Kier molecular flexibility index (Phi) is 3.62. The number of carbonyl (C=O) groups is 1. The van der Waals surface area contributed by atoms with Gasteiger partial charge >= 0.3 is 0 Å². The van der Waals surface area contributed by atoms with Gasteiger partial charge in [0.15, 0.2) is 6.29 Å². The van der Waals surface area contributed by atoms with Crippen molar-refractivity contribution in [2.24, 2.45) is 0 Å². The van der Waals surface area contributed by atoms with Crippen LogP contribution in [0.25, 0.3) is 0 Å². The highest BCUT2D eigenvalue weighted by atomic mass is 19.1. The van der Waals surface area contributed by atoms with E-state index in [0.29, 0.717) is 23.2 Å². The van der Waals surface area contributed by atoms with Crippen LogP contribution >= 0.6 is 0 Å². The highest BCUT2D eigenvalue weighted by Gasteiger charge is 2.05. The van der Waals surface area contributed by atoms with Crippen LogP contribution in [0.4, 0.5) is 14.6 Å². The molecule has 1 aromatic heterocycles. The summed E-state index contributed by atoms with van der Waals surface area (Å²) in [5, 5.41) is 2.84. The number of nitrogens with zero attached hydrogens (tertiary/aromatic N) is 1. The fourth-order valence-corrected chi connectivity index (χ4v) is 1.50. The van der Waals surface area contributed by atoms with Gasteiger partial charge in [-0.3, -0.25) is 4.79 Å². The number of aldehydes is 1. The van der Waals surface area contributed by atoms with Crippen LogP contribution in [0.2, 0.25) is 0 Å². The molecule has 1 heterocycles. The molecule has 2 aromatic rings. The lowest BCUT2D eigenvalue weighted by Gasteiger charge is -2.08. The first-order chi connectivity index (χ1) is 8.70. The van der Waals surface area contributed by atoms with Crippen molar-refractivity contribution in [1.29, 1.82) is 0 Å². The Labute approximate surface area is 102 Å². The summed E-state index contributed by atoms with van der Waals surface area (Å²) in [6.07, 6.45) is 2.19. The molecule has 18 heavy (non-hydrogen) atoms. The van der Waals surface area contributed by atoms with E-state index < -0.39 is 11.6 Å². The lowest BCUT2D eigenvalue weighted by molar-refractivity contribution is 0.112. The molecule has 1 N–H and O–H groups in total. The van der Waals surface area contributed by atoms with Gasteiger partial charge in [0, 0.05) is 24.4 Å². The van der Waals surface area contributed by atoms with Gasteiger partial charge in [-0.2, -0.15) is 0 Å². The molecule has 0 radical (unpaired) electrons. The van der Waals surface area contributed by atoms with E-state index in [4.69, 9.17) is 0 Å². The van der Waals surface area contributed by atoms with Crippen LogP contribution in [0.3, 0.4) is 0 Å². The summed E-state index contributed by atoms with van der Waals surface area (Å²) in [6, 6.07) is 6.58. The summed E-state index contributed by atoms with van der Waals surface area (Å²) in [4.78, 5) is 14.7. The van der Waals surface area contributed by atoms with Gasteiger partial charge in [-0.1, -0.05) is 6.07 Å². The molecular weight excluding hydrogens is 238 g/mol. The van der Waals surface area contributed by atoms with Gasteiger partial charge in [0.25, 0.3) is 0 Å². The molecule has 0 aliphatic rings.